The Kier molecular flexibility index (Phi) is 3.62. The van der Waals surface area contributed by atoms with E-state index in [0.717, 1.165) is 0 Å². The number of aliphatic hydroxyl groups excluding tert-OH is 1. The van der Waals surface area contributed by atoms with Crippen molar-refractivity contribution in [1.29, 1.82) is 0 Å². The molecule has 0 radical (unpaired) electrons. The minimum absolute atomic E-state index is 0.102. The van der Waals surface area contributed by atoms with E-state index >= 15 is 0 Å². The fourth-order valence-corrected chi connectivity index (χ4v) is 1.03. The topological polar surface area (TPSA) is 75.4 Å². The van der Waals surface area contributed by atoms with Crippen molar-refractivity contribution in [1.82, 2.24) is 0 Å². The number of carbonyl (C=O) groups excluding carboxylic acids is 1. The van der Waals surface area contributed by atoms with Gasteiger partial charge in [0.1, 0.15) is 0 Å². The molecule has 1 atom stereocenters. The summed E-state index contributed by atoms with van der Waals surface area (Å²) in [7, 11) is 0. The van der Waals surface area contributed by atoms with Gasteiger partial charge in [0.05, 0.1) is 12.6 Å². The predicted molar refractivity (Wildman–Crippen MR) is 54.6 cm³/mol. The number of rotatable bonds is 3. The van der Waals surface area contributed by atoms with E-state index < -0.39 is 6.04 Å². The first-order chi connectivity index (χ1) is 6.65. The maximum atomic E-state index is 11.3. The Morgan fingerprint density at radius 1 is 1.57 bits per heavy atom. The number of para-hydroxylation sites is 1. The van der Waals surface area contributed by atoms with Gasteiger partial charge in [-0.2, -0.15) is 0 Å². The van der Waals surface area contributed by atoms with E-state index in [1.807, 2.05) is 0 Å². The summed E-state index contributed by atoms with van der Waals surface area (Å²) in [5, 5.41) is 11.6. The molecule has 76 valence electrons. The van der Waals surface area contributed by atoms with Gasteiger partial charge in [-0.25, -0.2) is 0 Å². The fraction of sp³-hybridized carbons (Fsp3) is 0.300. The van der Waals surface area contributed by atoms with Gasteiger partial charge in [-0.3, -0.25) is 4.79 Å². The second kappa shape index (κ2) is 4.74. The predicted octanol–water partition coefficient (Wildman–Crippen LogP) is 0.465. The first-order valence-corrected chi connectivity index (χ1v) is 4.40. The van der Waals surface area contributed by atoms with Crippen LogP contribution in [0.2, 0.25) is 0 Å². The van der Waals surface area contributed by atoms with Crippen molar-refractivity contribution in [2.24, 2.45) is 5.73 Å². The van der Waals surface area contributed by atoms with E-state index in [0.29, 0.717) is 11.3 Å². The van der Waals surface area contributed by atoms with Crippen LogP contribution in [0.25, 0.3) is 0 Å². The van der Waals surface area contributed by atoms with Crippen molar-refractivity contribution in [3.8, 4) is 0 Å². The summed E-state index contributed by atoms with van der Waals surface area (Å²) in [4.78, 5) is 11.3. The molecular weight excluding hydrogens is 180 g/mol. The minimum Gasteiger partial charge on any atom is -0.392 e. The van der Waals surface area contributed by atoms with Crippen molar-refractivity contribution in [3.63, 3.8) is 0 Å². The number of anilines is 1. The summed E-state index contributed by atoms with van der Waals surface area (Å²) in [5.41, 5.74) is 6.69. The van der Waals surface area contributed by atoms with Gasteiger partial charge in [-0.15, -0.1) is 0 Å². The molecule has 1 amide bonds. The highest BCUT2D eigenvalue weighted by atomic mass is 16.3. The van der Waals surface area contributed by atoms with Gasteiger partial charge in [0, 0.05) is 11.3 Å². The van der Waals surface area contributed by atoms with Crippen molar-refractivity contribution in [2.45, 2.75) is 19.6 Å². The maximum absolute atomic E-state index is 11.3. The lowest BCUT2D eigenvalue weighted by atomic mass is 10.2. The summed E-state index contributed by atoms with van der Waals surface area (Å²) in [6.45, 7) is 1.51. The van der Waals surface area contributed by atoms with E-state index in [2.05, 4.69) is 5.32 Å². The zero-order valence-electron chi connectivity index (χ0n) is 8.03. The van der Waals surface area contributed by atoms with Gasteiger partial charge in [0.2, 0.25) is 5.91 Å². The lowest BCUT2D eigenvalue weighted by molar-refractivity contribution is -0.117. The Morgan fingerprint density at radius 2 is 2.21 bits per heavy atom. The Morgan fingerprint density at radius 3 is 2.79 bits per heavy atom. The average molecular weight is 194 g/mol. The molecule has 0 heterocycles. The molecule has 0 spiro atoms. The molecule has 0 aliphatic carbocycles. The maximum Gasteiger partial charge on any atom is 0.241 e. The highest BCUT2D eigenvalue weighted by molar-refractivity contribution is 5.94. The lowest BCUT2D eigenvalue weighted by Gasteiger charge is -2.10. The first-order valence-electron chi connectivity index (χ1n) is 4.40. The first kappa shape index (κ1) is 10.7. The van der Waals surface area contributed by atoms with Gasteiger partial charge in [-0.05, 0) is 13.0 Å². The molecule has 0 bridgehead atoms. The van der Waals surface area contributed by atoms with Crippen LogP contribution in [0.5, 0.6) is 0 Å². The van der Waals surface area contributed by atoms with Crippen molar-refractivity contribution < 1.29 is 9.90 Å². The molecule has 1 aromatic carbocycles. The Hall–Kier alpha value is -1.39. The third-order valence-electron chi connectivity index (χ3n) is 1.86. The quantitative estimate of drug-likeness (QED) is 0.654. The number of aliphatic hydroxyl groups is 1. The van der Waals surface area contributed by atoms with Crippen molar-refractivity contribution >= 4 is 11.6 Å². The van der Waals surface area contributed by atoms with Crippen LogP contribution in [-0.2, 0) is 11.4 Å². The molecule has 0 aliphatic rings. The molecule has 14 heavy (non-hydrogen) atoms. The summed E-state index contributed by atoms with van der Waals surface area (Å²) >= 11 is 0. The largest absolute Gasteiger partial charge is 0.392 e. The normalized spacial score (nSPS) is 12.2. The second-order valence-corrected chi connectivity index (χ2v) is 3.09. The van der Waals surface area contributed by atoms with Gasteiger partial charge in [-0.1, -0.05) is 18.2 Å². The zero-order valence-corrected chi connectivity index (χ0v) is 8.03. The van der Waals surface area contributed by atoms with Crippen LogP contribution in [0.1, 0.15) is 12.5 Å². The molecule has 0 aliphatic heterocycles. The highest BCUT2D eigenvalue weighted by Crippen LogP contribution is 2.14. The van der Waals surface area contributed by atoms with Gasteiger partial charge in [0.25, 0.3) is 0 Å². The van der Waals surface area contributed by atoms with Gasteiger partial charge in [0.15, 0.2) is 0 Å². The molecule has 0 aromatic heterocycles. The SMILES string of the molecule is CC(N)C(=O)Nc1ccccc1CO. The van der Waals surface area contributed by atoms with Gasteiger partial charge < -0.3 is 16.2 Å². The van der Waals surface area contributed by atoms with Crippen LogP contribution in [-0.4, -0.2) is 17.1 Å². The number of benzene rings is 1. The van der Waals surface area contributed by atoms with E-state index in [1.54, 1.807) is 31.2 Å². The van der Waals surface area contributed by atoms with Crippen molar-refractivity contribution in [3.05, 3.63) is 29.8 Å². The lowest BCUT2D eigenvalue weighted by Crippen LogP contribution is -2.32. The number of hydrogen-bond acceptors (Lipinski definition) is 3. The molecule has 0 saturated heterocycles. The van der Waals surface area contributed by atoms with E-state index in [4.69, 9.17) is 10.8 Å². The Balaban J connectivity index is 2.80. The third kappa shape index (κ3) is 2.55. The number of nitrogens with one attached hydrogen (secondary N) is 1. The third-order valence-corrected chi connectivity index (χ3v) is 1.86. The second-order valence-electron chi connectivity index (χ2n) is 3.09. The average Bonchev–Trinajstić information content (AvgIpc) is 2.18. The van der Waals surface area contributed by atoms with E-state index in [-0.39, 0.29) is 12.5 Å². The van der Waals surface area contributed by atoms with Crippen LogP contribution in [0.3, 0.4) is 0 Å². The standard InChI is InChI=1S/C10H14N2O2/c1-7(11)10(14)12-9-5-3-2-4-8(9)6-13/h2-5,7,13H,6,11H2,1H3,(H,12,14). The molecule has 4 nitrogen and oxygen atoms in total. The van der Waals surface area contributed by atoms with Crippen LogP contribution in [0, 0.1) is 0 Å². The summed E-state index contributed by atoms with van der Waals surface area (Å²) < 4.78 is 0. The molecule has 4 N–H and O–H groups in total. The zero-order chi connectivity index (χ0) is 10.6. The Bertz CT molecular complexity index is 324. The van der Waals surface area contributed by atoms with Gasteiger partial charge >= 0.3 is 0 Å². The monoisotopic (exact) mass is 194 g/mol. The van der Waals surface area contributed by atoms with E-state index in [1.165, 1.54) is 0 Å². The van der Waals surface area contributed by atoms with Crippen molar-refractivity contribution in [2.75, 3.05) is 5.32 Å². The van der Waals surface area contributed by atoms with Crippen LogP contribution in [0.15, 0.2) is 24.3 Å². The molecule has 1 unspecified atom stereocenters. The van der Waals surface area contributed by atoms with Crippen LogP contribution in [0.4, 0.5) is 5.69 Å². The number of amides is 1. The molecule has 1 aromatic rings. The minimum atomic E-state index is -0.554. The number of nitrogens with two attached hydrogens (primary N) is 1. The molecule has 1 rings (SSSR count). The smallest absolute Gasteiger partial charge is 0.241 e. The van der Waals surface area contributed by atoms with Crippen LogP contribution < -0.4 is 11.1 Å². The summed E-state index contributed by atoms with van der Waals surface area (Å²) in [6, 6.07) is 6.51. The Labute approximate surface area is 82.7 Å². The molecule has 0 fully saturated rings. The summed E-state index contributed by atoms with van der Waals surface area (Å²) in [6.07, 6.45) is 0. The van der Waals surface area contributed by atoms with Crippen LogP contribution >= 0.6 is 0 Å². The fourth-order valence-electron chi connectivity index (χ4n) is 1.03. The molecule has 0 saturated carbocycles. The van der Waals surface area contributed by atoms with E-state index in [9.17, 15) is 4.79 Å². The highest BCUT2D eigenvalue weighted by Gasteiger charge is 2.09. The summed E-state index contributed by atoms with van der Waals surface area (Å²) in [5.74, 6) is -0.258. The molecule has 4 heteroatoms. The number of hydrogen-bond donors (Lipinski definition) is 3. The number of carbonyl (C=O) groups is 1. The molecular formula is C10H14N2O2.